The predicted octanol–water partition coefficient (Wildman–Crippen LogP) is 3.69. The Morgan fingerprint density at radius 3 is 2.29 bits per heavy atom. The zero-order valence-corrected chi connectivity index (χ0v) is 16.0. The minimum absolute atomic E-state index is 0. The minimum Gasteiger partial charge on any atom is -0.376 e. The highest BCUT2D eigenvalue weighted by atomic mass is 35.5. The van der Waals surface area contributed by atoms with Crippen LogP contribution in [0.2, 0.25) is 0 Å². The van der Waals surface area contributed by atoms with Gasteiger partial charge in [-0.3, -0.25) is 4.79 Å². The van der Waals surface area contributed by atoms with Gasteiger partial charge in [-0.15, -0.1) is 24.8 Å². The number of amides is 1. The van der Waals surface area contributed by atoms with Gasteiger partial charge in [0.15, 0.2) is 0 Å². The van der Waals surface area contributed by atoms with Crippen molar-refractivity contribution in [1.82, 2.24) is 0 Å². The average molecular weight is 374 g/mol. The lowest BCUT2D eigenvalue weighted by Crippen LogP contribution is -2.48. The summed E-state index contributed by atoms with van der Waals surface area (Å²) in [4.78, 5) is 14.7. The molecule has 2 bridgehead atoms. The topological polar surface area (TPSA) is 58.4 Å². The fourth-order valence-electron chi connectivity index (χ4n) is 4.21. The van der Waals surface area contributed by atoms with Crippen molar-refractivity contribution in [2.24, 2.45) is 23.5 Å². The maximum atomic E-state index is 12.7. The molecule has 3 rings (SSSR count). The summed E-state index contributed by atoms with van der Waals surface area (Å²) in [5, 5.41) is 3.14. The number of anilines is 2. The van der Waals surface area contributed by atoms with E-state index in [0.717, 1.165) is 24.2 Å². The van der Waals surface area contributed by atoms with Gasteiger partial charge in [0.05, 0.1) is 11.4 Å². The third-order valence-electron chi connectivity index (χ3n) is 5.43. The standard InChI is InChI=1S/C18H27N3O.2ClH/c1-21(2)16-9-4-3-8-15(16)20-18(22)14-10-12-6-5-7-13(11-14)17(12)19;;/h3-4,8-9,12-14,17H,5-7,10-11,19H2,1-2H3,(H,20,22);2*1H. The van der Waals surface area contributed by atoms with Gasteiger partial charge < -0.3 is 16.0 Å². The van der Waals surface area contributed by atoms with Crippen LogP contribution >= 0.6 is 24.8 Å². The van der Waals surface area contributed by atoms with E-state index in [2.05, 4.69) is 5.32 Å². The second kappa shape index (κ2) is 8.93. The van der Waals surface area contributed by atoms with Crippen molar-refractivity contribution in [3.05, 3.63) is 24.3 Å². The van der Waals surface area contributed by atoms with Crippen molar-refractivity contribution in [1.29, 1.82) is 0 Å². The monoisotopic (exact) mass is 373 g/mol. The van der Waals surface area contributed by atoms with Crippen LogP contribution < -0.4 is 16.0 Å². The van der Waals surface area contributed by atoms with Gasteiger partial charge in [-0.1, -0.05) is 18.6 Å². The Bertz CT molecular complexity index is 539. The van der Waals surface area contributed by atoms with Gasteiger partial charge in [0.25, 0.3) is 0 Å². The van der Waals surface area contributed by atoms with E-state index in [1.807, 2.05) is 43.3 Å². The smallest absolute Gasteiger partial charge is 0.227 e. The summed E-state index contributed by atoms with van der Waals surface area (Å²) in [6.45, 7) is 0. The SMILES string of the molecule is CN(C)c1ccccc1NC(=O)C1CC2CCCC(C1)C2N.Cl.Cl. The molecule has 0 spiro atoms. The highest BCUT2D eigenvalue weighted by Gasteiger charge is 2.40. The summed E-state index contributed by atoms with van der Waals surface area (Å²) in [5.74, 6) is 1.35. The van der Waals surface area contributed by atoms with Crippen LogP contribution in [0.1, 0.15) is 32.1 Å². The zero-order chi connectivity index (χ0) is 15.7. The van der Waals surface area contributed by atoms with Crippen LogP contribution in [0.3, 0.4) is 0 Å². The summed E-state index contributed by atoms with van der Waals surface area (Å²) < 4.78 is 0. The van der Waals surface area contributed by atoms with Gasteiger partial charge in [-0.25, -0.2) is 0 Å². The maximum Gasteiger partial charge on any atom is 0.227 e. The average Bonchev–Trinajstić information content (AvgIpc) is 2.47. The molecule has 3 N–H and O–H groups in total. The molecule has 0 aromatic heterocycles. The molecule has 4 nitrogen and oxygen atoms in total. The van der Waals surface area contributed by atoms with Crippen molar-refractivity contribution >= 4 is 42.1 Å². The number of carbonyl (C=O) groups is 1. The van der Waals surface area contributed by atoms with E-state index < -0.39 is 0 Å². The first-order chi connectivity index (χ1) is 10.6. The molecule has 0 radical (unpaired) electrons. The number of para-hydroxylation sites is 2. The molecule has 2 atom stereocenters. The molecule has 6 heteroatoms. The number of halogens is 2. The maximum absolute atomic E-state index is 12.7. The fourth-order valence-corrected chi connectivity index (χ4v) is 4.21. The number of nitrogens with one attached hydrogen (secondary N) is 1. The number of benzene rings is 1. The molecule has 2 unspecified atom stereocenters. The van der Waals surface area contributed by atoms with Crippen LogP contribution in [-0.2, 0) is 4.79 Å². The largest absolute Gasteiger partial charge is 0.376 e. The van der Waals surface area contributed by atoms with E-state index in [9.17, 15) is 4.79 Å². The van der Waals surface area contributed by atoms with Crippen LogP contribution in [0, 0.1) is 17.8 Å². The van der Waals surface area contributed by atoms with Gasteiger partial charge in [-0.2, -0.15) is 0 Å². The van der Waals surface area contributed by atoms with Crippen molar-refractivity contribution < 1.29 is 4.79 Å². The summed E-state index contributed by atoms with van der Waals surface area (Å²) in [6, 6.07) is 8.28. The Kier molecular flexibility index (Phi) is 7.84. The van der Waals surface area contributed by atoms with Crippen molar-refractivity contribution in [2.75, 3.05) is 24.3 Å². The van der Waals surface area contributed by atoms with Crippen molar-refractivity contribution in [3.63, 3.8) is 0 Å². The molecule has 24 heavy (non-hydrogen) atoms. The molecule has 0 saturated heterocycles. The van der Waals surface area contributed by atoms with E-state index in [0.29, 0.717) is 17.9 Å². The molecule has 0 aliphatic heterocycles. The molecule has 2 saturated carbocycles. The number of hydrogen-bond acceptors (Lipinski definition) is 3. The van der Waals surface area contributed by atoms with Gasteiger partial charge in [0.1, 0.15) is 0 Å². The first kappa shape index (κ1) is 21.1. The number of carbonyl (C=O) groups excluding carboxylic acids is 1. The first-order valence-corrected chi connectivity index (χ1v) is 8.39. The van der Waals surface area contributed by atoms with Crippen LogP contribution in [-0.4, -0.2) is 26.0 Å². The second-order valence-corrected chi connectivity index (χ2v) is 7.10. The lowest BCUT2D eigenvalue weighted by Gasteiger charge is -2.43. The highest BCUT2D eigenvalue weighted by Crippen LogP contribution is 2.42. The Morgan fingerprint density at radius 2 is 1.71 bits per heavy atom. The Morgan fingerprint density at radius 1 is 1.12 bits per heavy atom. The number of fused-ring (bicyclic) bond motifs is 2. The first-order valence-electron chi connectivity index (χ1n) is 8.39. The molecule has 2 aliphatic rings. The summed E-state index contributed by atoms with van der Waals surface area (Å²) >= 11 is 0. The van der Waals surface area contributed by atoms with Crippen LogP contribution in [0.15, 0.2) is 24.3 Å². The quantitative estimate of drug-likeness (QED) is 0.849. The molecule has 136 valence electrons. The number of nitrogens with zero attached hydrogens (tertiary/aromatic N) is 1. The number of rotatable bonds is 3. The number of nitrogens with two attached hydrogens (primary N) is 1. The summed E-state index contributed by atoms with van der Waals surface area (Å²) in [6.07, 6.45) is 5.56. The van der Waals surface area contributed by atoms with E-state index in [4.69, 9.17) is 5.73 Å². The lowest BCUT2D eigenvalue weighted by molar-refractivity contribution is -0.122. The van der Waals surface area contributed by atoms with E-state index in [1.165, 1.54) is 19.3 Å². The Labute approximate surface area is 157 Å². The minimum atomic E-state index is 0. The molecule has 1 amide bonds. The second-order valence-electron chi connectivity index (χ2n) is 7.10. The van der Waals surface area contributed by atoms with Crippen molar-refractivity contribution in [3.8, 4) is 0 Å². The molecule has 0 heterocycles. The lowest BCUT2D eigenvalue weighted by atomic mass is 9.65. The number of hydrogen-bond donors (Lipinski definition) is 2. The van der Waals surface area contributed by atoms with Crippen LogP contribution in [0.5, 0.6) is 0 Å². The van der Waals surface area contributed by atoms with Crippen LogP contribution in [0.25, 0.3) is 0 Å². The predicted molar refractivity (Wildman–Crippen MR) is 105 cm³/mol. The van der Waals surface area contributed by atoms with E-state index in [-0.39, 0.29) is 36.6 Å². The van der Waals surface area contributed by atoms with E-state index >= 15 is 0 Å². The van der Waals surface area contributed by atoms with Crippen molar-refractivity contribution in [2.45, 2.75) is 38.1 Å². The summed E-state index contributed by atoms with van der Waals surface area (Å²) in [5.41, 5.74) is 8.27. The zero-order valence-electron chi connectivity index (χ0n) is 14.4. The summed E-state index contributed by atoms with van der Waals surface area (Å²) in [7, 11) is 3.99. The fraction of sp³-hybridized carbons (Fsp3) is 0.611. The Balaban J connectivity index is 0.00000144. The van der Waals surface area contributed by atoms with Gasteiger partial charge in [0.2, 0.25) is 5.91 Å². The van der Waals surface area contributed by atoms with E-state index in [1.54, 1.807) is 0 Å². The van der Waals surface area contributed by atoms with Gasteiger partial charge in [0, 0.05) is 26.1 Å². The molecule has 2 fully saturated rings. The molecule has 1 aromatic carbocycles. The Hall–Kier alpha value is -0.970. The third kappa shape index (κ3) is 4.35. The normalized spacial score (nSPS) is 28.1. The highest BCUT2D eigenvalue weighted by molar-refractivity contribution is 5.95. The van der Waals surface area contributed by atoms with Crippen LogP contribution in [0.4, 0.5) is 11.4 Å². The third-order valence-corrected chi connectivity index (χ3v) is 5.43. The molecular weight excluding hydrogens is 345 g/mol. The van der Waals surface area contributed by atoms with Gasteiger partial charge >= 0.3 is 0 Å². The molecule has 2 aliphatic carbocycles. The van der Waals surface area contributed by atoms with Gasteiger partial charge in [-0.05, 0) is 49.7 Å². The molecular formula is C18H29Cl2N3O. The molecule has 1 aromatic rings.